The van der Waals surface area contributed by atoms with Gasteiger partial charge in [0.2, 0.25) is 5.78 Å². The lowest BCUT2D eigenvalue weighted by atomic mass is 9.44. The normalized spacial score (nSPS) is 45.1. The van der Waals surface area contributed by atoms with E-state index in [1.54, 1.807) is 13.0 Å². The smallest absolute Gasteiger partial charge is 0.306 e. The molecule has 2 N–H and O–H groups in total. The first-order chi connectivity index (χ1) is 15.9. The number of Topliss-reactive ketones (excluding diaryl/α,β-unsaturated/α-hetero) is 1. The van der Waals surface area contributed by atoms with Crippen molar-refractivity contribution >= 4 is 17.5 Å². The van der Waals surface area contributed by atoms with Crippen molar-refractivity contribution in [3.05, 3.63) is 23.8 Å². The number of hydrogen-bond acceptors (Lipinski definition) is 6. The van der Waals surface area contributed by atoms with E-state index in [1.165, 1.54) is 12.2 Å². The predicted octanol–water partition coefficient (Wildman–Crippen LogP) is 3.64. The highest BCUT2D eigenvalue weighted by molar-refractivity contribution is 6.01. The SMILES string of the molecule is CCCCC(=O)O[C@@]1(C(=O)CO)[C@H](C)C[C@@H]2[C@H]3CCC4=CC(=O)C=C[C@]4(C)[C@]3(F)[C@@H](O)C[C@]21C. The molecule has 3 saturated carbocycles. The molecule has 0 saturated heterocycles. The molecule has 0 heterocycles. The molecule has 0 aromatic heterocycles. The highest BCUT2D eigenvalue weighted by Gasteiger charge is 2.77. The molecule has 188 valence electrons. The standard InChI is InChI=1S/C27H37FO6/c1-5-6-7-23(33)34-27(22(32)15-29)16(2)12-20-19-9-8-17-13-18(30)10-11-24(17,3)26(19,28)21(31)14-25(20,27)4/h10-11,13,16,19-21,29,31H,5-9,12,14-15H2,1-4H3/t16-,19-,20-,21+,24+,25-,26-,27-/m1/s1. The summed E-state index contributed by atoms with van der Waals surface area (Å²) < 4.78 is 23.3. The monoisotopic (exact) mass is 476 g/mol. The molecule has 0 unspecified atom stereocenters. The molecule has 0 aliphatic heterocycles. The molecule has 0 bridgehead atoms. The van der Waals surface area contributed by atoms with Gasteiger partial charge < -0.3 is 14.9 Å². The molecular weight excluding hydrogens is 439 g/mol. The van der Waals surface area contributed by atoms with Crippen molar-refractivity contribution in [2.45, 2.75) is 90.0 Å². The van der Waals surface area contributed by atoms with Crippen molar-refractivity contribution in [2.75, 3.05) is 6.61 Å². The van der Waals surface area contributed by atoms with Crippen LogP contribution in [0, 0.1) is 28.6 Å². The number of unbranched alkanes of at least 4 members (excludes halogenated alkanes) is 1. The summed E-state index contributed by atoms with van der Waals surface area (Å²) in [6, 6.07) is 0. The zero-order valence-electron chi connectivity index (χ0n) is 20.6. The molecule has 4 aliphatic carbocycles. The number of alkyl halides is 1. The second-order valence-electron chi connectivity index (χ2n) is 11.3. The van der Waals surface area contributed by atoms with Crippen molar-refractivity contribution in [3.63, 3.8) is 0 Å². The number of ether oxygens (including phenoxy) is 1. The Labute approximate surface area is 200 Å². The highest BCUT2D eigenvalue weighted by Crippen LogP contribution is 2.71. The molecular formula is C27H37FO6. The number of carbonyl (C=O) groups excluding carboxylic acids is 3. The Hall–Kier alpha value is -1.86. The third kappa shape index (κ3) is 3.08. The summed E-state index contributed by atoms with van der Waals surface area (Å²) in [6.45, 7) is 6.55. The molecule has 6 nitrogen and oxygen atoms in total. The number of ketones is 2. The fourth-order valence-corrected chi connectivity index (χ4v) is 8.07. The number of allylic oxidation sites excluding steroid dienone is 4. The number of fused-ring (bicyclic) bond motifs is 5. The topological polar surface area (TPSA) is 101 Å². The van der Waals surface area contributed by atoms with Crippen LogP contribution in [0.5, 0.6) is 0 Å². The van der Waals surface area contributed by atoms with Crippen LogP contribution in [0.4, 0.5) is 4.39 Å². The Morgan fingerprint density at radius 3 is 2.62 bits per heavy atom. The number of hydrogen-bond donors (Lipinski definition) is 2. The van der Waals surface area contributed by atoms with Crippen molar-refractivity contribution < 1.29 is 33.7 Å². The van der Waals surface area contributed by atoms with Gasteiger partial charge in [-0.2, -0.15) is 0 Å². The minimum atomic E-state index is -2.03. The average Bonchev–Trinajstić information content (AvgIpc) is 3.00. The Balaban J connectivity index is 1.80. The molecule has 0 amide bonds. The van der Waals surface area contributed by atoms with Gasteiger partial charge in [0.25, 0.3) is 0 Å². The molecule has 34 heavy (non-hydrogen) atoms. The predicted molar refractivity (Wildman–Crippen MR) is 123 cm³/mol. The van der Waals surface area contributed by atoms with Crippen LogP contribution >= 0.6 is 0 Å². The molecule has 0 radical (unpaired) electrons. The van der Waals surface area contributed by atoms with E-state index in [4.69, 9.17) is 4.74 Å². The summed E-state index contributed by atoms with van der Waals surface area (Å²) in [6.07, 6.45) is 5.92. The van der Waals surface area contributed by atoms with E-state index < -0.39 is 58.4 Å². The van der Waals surface area contributed by atoms with E-state index >= 15 is 4.39 Å². The second-order valence-corrected chi connectivity index (χ2v) is 11.3. The summed E-state index contributed by atoms with van der Waals surface area (Å²) in [4.78, 5) is 38.1. The van der Waals surface area contributed by atoms with Crippen molar-refractivity contribution in [1.29, 1.82) is 0 Å². The summed E-state index contributed by atoms with van der Waals surface area (Å²) in [5.74, 6) is -2.62. The maximum absolute atomic E-state index is 17.3. The van der Waals surface area contributed by atoms with Gasteiger partial charge in [0, 0.05) is 29.1 Å². The second kappa shape index (κ2) is 8.37. The number of aliphatic hydroxyl groups is 2. The van der Waals surface area contributed by atoms with Crippen LogP contribution in [0.15, 0.2) is 23.8 Å². The highest BCUT2D eigenvalue weighted by atomic mass is 19.1. The molecule has 8 atom stereocenters. The quantitative estimate of drug-likeness (QED) is 0.568. The van der Waals surface area contributed by atoms with Gasteiger partial charge in [-0.1, -0.05) is 38.8 Å². The van der Waals surface area contributed by atoms with Crippen LogP contribution in [0.3, 0.4) is 0 Å². The van der Waals surface area contributed by atoms with Gasteiger partial charge in [0.05, 0.1) is 6.10 Å². The van der Waals surface area contributed by atoms with Crippen LogP contribution in [-0.4, -0.2) is 51.7 Å². The summed E-state index contributed by atoms with van der Waals surface area (Å²) in [5, 5.41) is 21.4. The van der Waals surface area contributed by atoms with E-state index in [1.807, 2.05) is 20.8 Å². The summed E-state index contributed by atoms with van der Waals surface area (Å²) in [5.41, 5.74) is -5.11. The lowest BCUT2D eigenvalue weighted by Crippen LogP contribution is -2.70. The zero-order chi connectivity index (χ0) is 25.1. The van der Waals surface area contributed by atoms with E-state index in [0.29, 0.717) is 31.3 Å². The molecule has 3 fully saturated rings. The lowest BCUT2D eigenvalue weighted by Gasteiger charge is -2.62. The lowest BCUT2D eigenvalue weighted by molar-refractivity contribution is -0.228. The molecule has 4 rings (SSSR count). The molecule has 4 aliphatic rings. The van der Waals surface area contributed by atoms with Crippen molar-refractivity contribution in [3.8, 4) is 0 Å². The van der Waals surface area contributed by atoms with Crippen LogP contribution in [0.25, 0.3) is 0 Å². The fourth-order valence-electron chi connectivity index (χ4n) is 8.07. The number of rotatable bonds is 6. The van der Waals surface area contributed by atoms with Crippen molar-refractivity contribution in [1.82, 2.24) is 0 Å². The van der Waals surface area contributed by atoms with Gasteiger partial charge in [-0.15, -0.1) is 0 Å². The van der Waals surface area contributed by atoms with Crippen molar-refractivity contribution in [2.24, 2.45) is 28.6 Å². The minimum absolute atomic E-state index is 0.0769. The number of esters is 1. The largest absolute Gasteiger partial charge is 0.450 e. The Kier molecular flexibility index (Phi) is 6.21. The molecule has 0 aromatic carbocycles. The molecule has 0 spiro atoms. The van der Waals surface area contributed by atoms with Gasteiger partial charge in [-0.05, 0) is 57.1 Å². The first-order valence-corrected chi connectivity index (χ1v) is 12.6. The Bertz CT molecular complexity index is 957. The minimum Gasteiger partial charge on any atom is -0.450 e. The Morgan fingerprint density at radius 2 is 1.97 bits per heavy atom. The molecule has 7 heteroatoms. The van der Waals surface area contributed by atoms with E-state index in [2.05, 4.69) is 0 Å². The van der Waals surface area contributed by atoms with Gasteiger partial charge >= 0.3 is 5.97 Å². The summed E-state index contributed by atoms with van der Waals surface area (Å²) in [7, 11) is 0. The maximum Gasteiger partial charge on any atom is 0.306 e. The van der Waals surface area contributed by atoms with E-state index in [0.717, 1.165) is 6.42 Å². The molecule has 0 aromatic rings. The van der Waals surface area contributed by atoms with Crippen LogP contribution in [0.1, 0.15) is 72.6 Å². The number of aliphatic hydroxyl groups excluding tert-OH is 2. The van der Waals surface area contributed by atoms with Gasteiger partial charge in [-0.25, -0.2) is 4.39 Å². The maximum atomic E-state index is 17.3. The van der Waals surface area contributed by atoms with Crippen LogP contribution in [-0.2, 0) is 19.1 Å². The zero-order valence-corrected chi connectivity index (χ0v) is 20.6. The Morgan fingerprint density at radius 1 is 1.26 bits per heavy atom. The van der Waals surface area contributed by atoms with Gasteiger partial charge in [0.1, 0.15) is 6.61 Å². The van der Waals surface area contributed by atoms with Gasteiger partial charge in [0.15, 0.2) is 17.1 Å². The van der Waals surface area contributed by atoms with E-state index in [9.17, 15) is 24.6 Å². The summed E-state index contributed by atoms with van der Waals surface area (Å²) >= 11 is 0. The number of carbonyl (C=O) groups is 3. The first-order valence-electron chi connectivity index (χ1n) is 12.6. The van der Waals surface area contributed by atoms with Crippen LogP contribution < -0.4 is 0 Å². The fraction of sp³-hybridized carbons (Fsp3) is 0.741. The van der Waals surface area contributed by atoms with Gasteiger partial charge in [-0.3, -0.25) is 14.4 Å². The third-order valence-corrected chi connectivity index (χ3v) is 9.75. The first kappa shape index (κ1) is 25.2. The number of halogens is 1. The van der Waals surface area contributed by atoms with Crippen LogP contribution in [0.2, 0.25) is 0 Å². The average molecular weight is 477 g/mol. The third-order valence-electron chi connectivity index (χ3n) is 9.75. The van der Waals surface area contributed by atoms with E-state index in [-0.39, 0.29) is 24.5 Å².